The number of carbonyl (C=O) groups is 2. The molecule has 0 spiro atoms. The fraction of sp³-hybridized carbons (Fsp3) is 0.500. The molecule has 0 unspecified atom stereocenters. The Morgan fingerprint density at radius 3 is 2.12 bits per heavy atom. The lowest BCUT2D eigenvalue weighted by Gasteiger charge is -2.26. The third kappa shape index (κ3) is 5.99. The highest BCUT2D eigenvalue weighted by Gasteiger charge is 2.50. The van der Waals surface area contributed by atoms with Gasteiger partial charge in [-0.05, 0) is 24.6 Å². The summed E-state index contributed by atoms with van der Waals surface area (Å²) in [5.74, 6) is -2.89. The van der Waals surface area contributed by atoms with Crippen LogP contribution in [0.25, 0.3) is 0 Å². The number of benzene rings is 1. The van der Waals surface area contributed by atoms with Gasteiger partial charge in [0.25, 0.3) is 0 Å². The van der Waals surface area contributed by atoms with Crippen LogP contribution < -0.4 is 4.90 Å². The van der Waals surface area contributed by atoms with E-state index in [1.807, 2.05) is 0 Å². The van der Waals surface area contributed by atoms with Gasteiger partial charge in [-0.25, -0.2) is 8.42 Å². The first-order valence-corrected chi connectivity index (χ1v) is 12.1. The number of carboxylic acid groups (broad SMARTS) is 1. The third-order valence-corrected chi connectivity index (χ3v) is 8.13. The van der Waals surface area contributed by atoms with E-state index in [4.69, 9.17) is 5.11 Å². The van der Waals surface area contributed by atoms with Gasteiger partial charge in [0.15, 0.2) is 15.0 Å². The number of carboxylic acids is 1. The molecule has 15 heteroatoms. The molecule has 2 atom stereocenters. The Morgan fingerprint density at radius 1 is 1.03 bits per heavy atom. The molecular weight excluding hydrogens is 502 g/mol. The molecule has 2 aliphatic rings. The van der Waals surface area contributed by atoms with E-state index in [2.05, 4.69) is 4.99 Å². The number of hydrogen-bond donors (Lipinski definition) is 1. The van der Waals surface area contributed by atoms with E-state index in [9.17, 15) is 44.3 Å². The van der Waals surface area contributed by atoms with Crippen molar-refractivity contribution in [2.45, 2.75) is 42.9 Å². The molecular formula is C18H16F6N2O5S2. The number of anilines is 1. The van der Waals surface area contributed by atoms with E-state index in [0.29, 0.717) is 12.1 Å². The summed E-state index contributed by atoms with van der Waals surface area (Å²) in [5.41, 5.74) is -3.77. The van der Waals surface area contributed by atoms with Crippen molar-refractivity contribution in [3.63, 3.8) is 0 Å². The minimum atomic E-state index is -5.12. The summed E-state index contributed by atoms with van der Waals surface area (Å²) < 4.78 is 104. The fourth-order valence-corrected chi connectivity index (χ4v) is 7.43. The average Bonchev–Trinajstić information content (AvgIpc) is 3.10. The van der Waals surface area contributed by atoms with Gasteiger partial charge in [-0.1, -0.05) is 11.8 Å². The molecule has 0 aliphatic carbocycles. The SMILES string of the molecule is O=C(O)CCCC(=O)N=C1S[C@H]2CS(=O)(=O)C[C@@H]2N1c1cc(C(F)(F)F)cc(C(F)(F)F)c1. The zero-order chi connectivity index (χ0) is 24.8. The first-order valence-electron chi connectivity index (χ1n) is 9.36. The highest BCUT2D eigenvalue weighted by atomic mass is 32.2. The molecule has 182 valence electrons. The van der Waals surface area contributed by atoms with Gasteiger partial charge < -0.3 is 10.0 Å². The van der Waals surface area contributed by atoms with E-state index in [1.165, 1.54) is 0 Å². The Balaban J connectivity index is 2.06. The Hall–Kier alpha value is -2.29. The number of sulfone groups is 1. The van der Waals surface area contributed by atoms with Crippen LogP contribution in [0.1, 0.15) is 30.4 Å². The summed E-state index contributed by atoms with van der Waals surface area (Å²) >= 11 is 0.778. The van der Waals surface area contributed by atoms with Crippen molar-refractivity contribution in [2.75, 3.05) is 16.4 Å². The number of hydrogen-bond acceptors (Lipinski definition) is 5. The van der Waals surface area contributed by atoms with Crippen molar-refractivity contribution in [2.24, 2.45) is 4.99 Å². The maximum atomic E-state index is 13.3. The summed E-state index contributed by atoms with van der Waals surface area (Å²) in [4.78, 5) is 27.4. The molecule has 0 radical (unpaired) electrons. The Morgan fingerprint density at radius 2 is 1.61 bits per heavy atom. The number of halogens is 6. The van der Waals surface area contributed by atoms with Gasteiger partial charge in [0.2, 0.25) is 5.91 Å². The predicted octanol–water partition coefficient (Wildman–Crippen LogP) is 3.58. The Kier molecular flexibility index (Phi) is 6.77. The third-order valence-electron chi connectivity index (χ3n) is 4.92. The smallest absolute Gasteiger partial charge is 0.416 e. The van der Waals surface area contributed by atoms with E-state index in [1.54, 1.807) is 0 Å². The molecule has 7 nitrogen and oxygen atoms in total. The van der Waals surface area contributed by atoms with Crippen LogP contribution in [0.5, 0.6) is 0 Å². The van der Waals surface area contributed by atoms with Crippen molar-refractivity contribution in [1.29, 1.82) is 0 Å². The normalized spacial score (nSPS) is 23.7. The van der Waals surface area contributed by atoms with Gasteiger partial charge in [-0.15, -0.1) is 0 Å². The molecule has 1 aromatic carbocycles. The van der Waals surface area contributed by atoms with Crippen LogP contribution in [-0.2, 0) is 31.8 Å². The van der Waals surface area contributed by atoms with Crippen LogP contribution in [0, 0.1) is 0 Å². The first kappa shape index (κ1) is 25.3. The second-order valence-electron chi connectivity index (χ2n) is 7.47. The number of nitrogens with zero attached hydrogens (tertiary/aromatic N) is 2. The highest BCUT2D eigenvalue weighted by Crippen LogP contribution is 2.44. The minimum absolute atomic E-state index is 0.0521. The standard InChI is InChI=1S/C18H16F6N2O5S2/c19-17(20,21)9-4-10(18(22,23)24)6-11(5-9)26-12-7-33(30,31)8-13(12)32-16(26)25-14(27)2-1-3-15(28)29/h4-6,12-13H,1-3,7-8H2,(H,28,29)/t12-,13-/m0/s1. The Labute approximate surface area is 187 Å². The van der Waals surface area contributed by atoms with Crippen LogP contribution in [-0.4, -0.2) is 53.4 Å². The van der Waals surface area contributed by atoms with Crippen LogP contribution in [0.3, 0.4) is 0 Å². The molecule has 1 N–H and O–H groups in total. The highest BCUT2D eigenvalue weighted by molar-refractivity contribution is 8.16. The van der Waals surface area contributed by atoms with Crippen LogP contribution in [0.15, 0.2) is 23.2 Å². The minimum Gasteiger partial charge on any atom is -0.481 e. The van der Waals surface area contributed by atoms with Crippen molar-refractivity contribution >= 4 is 44.3 Å². The maximum absolute atomic E-state index is 13.3. The van der Waals surface area contributed by atoms with Gasteiger partial charge in [0, 0.05) is 23.8 Å². The van der Waals surface area contributed by atoms with Gasteiger partial charge in [0.05, 0.1) is 28.7 Å². The molecule has 0 bridgehead atoms. The second kappa shape index (κ2) is 8.81. The quantitative estimate of drug-likeness (QED) is 0.595. The number of carbonyl (C=O) groups excluding carboxylic acids is 1. The number of aliphatic carboxylic acids is 1. The number of fused-ring (bicyclic) bond motifs is 1. The predicted molar refractivity (Wildman–Crippen MR) is 107 cm³/mol. The monoisotopic (exact) mass is 518 g/mol. The molecule has 2 saturated heterocycles. The van der Waals surface area contributed by atoms with Gasteiger partial charge in [-0.2, -0.15) is 31.3 Å². The lowest BCUT2D eigenvalue weighted by molar-refractivity contribution is -0.143. The summed E-state index contributed by atoms with van der Waals surface area (Å²) in [6, 6.07) is -0.167. The van der Waals surface area contributed by atoms with Crippen molar-refractivity contribution in [3.8, 4) is 0 Å². The molecule has 2 heterocycles. The van der Waals surface area contributed by atoms with Gasteiger partial charge >= 0.3 is 18.3 Å². The van der Waals surface area contributed by atoms with Crippen LogP contribution >= 0.6 is 11.8 Å². The van der Waals surface area contributed by atoms with Gasteiger partial charge in [0.1, 0.15) is 0 Å². The molecule has 33 heavy (non-hydrogen) atoms. The Bertz CT molecular complexity index is 1070. The topological polar surface area (TPSA) is 104 Å². The molecule has 0 aromatic heterocycles. The van der Waals surface area contributed by atoms with Crippen molar-refractivity contribution in [3.05, 3.63) is 29.3 Å². The lowest BCUT2D eigenvalue weighted by atomic mass is 10.1. The average molecular weight is 518 g/mol. The largest absolute Gasteiger partial charge is 0.481 e. The zero-order valence-electron chi connectivity index (χ0n) is 16.5. The first-order chi connectivity index (χ1) is 15.1. The maximum Gasteiger partial charge on any atom is 0.416 e. The van der Waals surface area contributed by atoms with E-state index in [-0.39, 0.29) is 36.2 Å². The number of thioether (sulfide) groups is 1. The molecule has 2 fully saturated rings. The molecule has 0 saturated carbocycles. The lowest BCUT2D eigenvalue weighted by Crippen LogP contribution is -2.38. The van der Waals surface area contributed by atoms with Crippen molar-refractivity contribution in [1.82, 2.24) is 0 Å². The van der Waals surface area contributed by atoms with E-state index < -0.39 is 67.9 Å². The molecule has 1 aromatic rings. The molecule has 1 amide bonds. The van der Waals surface area contributed by atoms with Gasteiger partial charge in [-0.3, -0.25) is 9.59 Å². The zero-order valence-corrected chi connectivity index (χ0v) is 18.1. The fourth-order valence-electron chi connectivity index (χ4n) is 3.50. The van der Waals surface area contributed by atoms with E-state index >= 15 is 0 Å². The number of amides is 1. The van der Waals surface area contributed by atoms with Crippen LogP contribution in [0.2, 0.25) is 0 Å². The summed E-state index contributed by atoms with van der Waals surface area (Å²) in [6.07, 6.45) is -11.0. The second-order valence-corrected chi connectivity index (χ2v) is 10.8. The number of aliphatic imine (C=N–C) groups is 1. The molecule has 2 aliphatic heterocycles. The summed E-state index contributed by atoms with van der Waals surface area (Å²) in [5, 5.41) is 7.67. The number of amidine groups is 1. The molecule has 3 rings (SSSR count). The summed E-state index contributed by atoms with van der Waals surface area (Å²) in [6.45, 7) is 0. The number of rotatable bonds is 5. The van der Waals surface area contributed by atoms with Crippen LogP contribution in [0.4, 0.5) is 32.0 Å². The number of alkyl halides is 6. The summed E-state index contributed by atoms with van der Waals surface area (Å²) in [7, 11) is -3.61. The van der Waals surface area contributed by atoms with E-state index in [0.717, 1.165) is 16.7 Å². The van der Waals surface area contributed by atoms with Crippen molar-refractivity contribution < 1.29 is 49.5 Å².